The van der Waals surface area contributed by atoms with E-state index < -0.39 is 0 Å². The van der Waals surface area contributed by atoms with Gasteiger partial charge in [0.2, 0.25) is 5.91 Å². The Morgan fingerprint density at radius 3 is 2.68 bits per heavy atom. The molecule has 3 rings (SSSR count). The first-order valence-corrected chi connectivity index (χ1v) is 10.5. The minimum Gasteiger partial charge on any atom is -0.486 e. The summed E-state index contributed by atoms with van der Waals surface area (Å²) in [4.78, 5) is 17.0. The molecule has 7 heteroatoms. The first-order chi connectivity index (χ1) is 13.7. The fourth-order valence-corrected chi connectivity index (χ4v) is 3.73. The SMILES string of the molecule is CCN1CCN(CCCCNC(=O)/C=C/c2cc(Cl)c3c(c2)OCCO3)CC1. The van der Waals surface area contributed by atoms with Gasteiger partial charge in [0.15, 0.2) is 11.5 Å². The van der Waals surface area contributed by atoms with Crippen molar-refractivity contribution in [3.8, 4) is 11.5 Å². The van der Waals surface area contributed by atoms with Gasteiger partial charge in [-0.2, -0.15) is 0 Å². The van der Waals surface area contributed by atoms with Crippen molar-refractivity contribution in [2.24, 2.45) is 0 Å². The summed E-state index contributed by atoms with van der Waals surface area (Å²) in [6, 6.07) is 3.61. The third-order valence-corrected chi connectivity index (χ3v) is 5.44. The first-order valence-electron chi connectivity index (χ1n) is 10.2. The Hall–Kier alpha value is -1.76. The van der Waals surface area contributed by atoms with Crippen molar-refractivity contribution in [2.45, 2.75) is 19.8 Å². The Balaban J connectivity index is 1.34. The number of fused-ring (bicyclic) bond motifs is 1. The van der Waals surface area contributed by atoms with Crippen LogP contribution in [0.4, 0.5) is 0 Å². The molecule has 0 saturated carbocycles. The van der Waals surface area contributed by atoms with Gasteiger partial charge in [-0.05, 0) is 49.7 Å². The largest absolute Gasteiger partial charge is 0.486 e. The number of carbonyl (C=O) groups excluding carboxylic acids is 1. The first kappa shape index (κ1) is 21.0. The van der Waals surface area contributed by atoms with Crippen molar-refractivity contribution >= 4 is 23.6 Å². The molecule has 0 aliphatic carbocycles. The van der Waals surface area contributed by atoms with Crippen LogP contribution in [0.15, 0.2) is 18.2 Å². The highest BCUT2D eigenvalue weighted by Gasteiger charge is 2.16. The average Bonchev–Trinajstić information content (AvgIpc) is 2.72. The maximum atomic E-state index is 12.0. The minimum absolute atomic E-state index is 0.0948. The summed E-state index contributed by atoms with van der Waals surface area (Å²) >= 11 is 6.22. The average molecular weight is 408 g/mol. The molecule has 2 aliphatic rings. The number of hydrogen-bond acceptors (Lipinski definition) is 5. The quantitative estimate of drug-likeness (QED) is 0.530. The number of halogens is 1. The number of rotatable bonds is 8. The lowest BCUT2D eigenvalue weighted by molar-refractivity contribution is -0.116. The summed E-state index contributed by atoms with van der Waals surface area (Å²) in [5.41, 5.74) is 0.815. The zero-order valence-electron chi connectivity index (χ0n) is 16.6. The van der Waals surface area contributed by atoms with Gasteiger partial charge in [0, 0.05) is 38.8 Å². The van der Waals surface area contributed by atoms with E-state index in [-0.39, 0.29) is 5.91 Å². The maximum absolute atomic E-state index is 12.0. The molecule has 0 bridgehead atoms. The molecule has 0 spiro atoms. The molecule has 0 unspecified atom stereocenters. The second-order valence-electron chi connectivity index (χ2n) is 7.13. The summed E-state index contributed by atoms with van der Waals surface area (Å²) in [7, 11) is 0. The van der Waals surface area contributed by atoms with Gasteiger partial charge < -0.3 is 24.6 Å². The Kier molecular flexibility index (Phi) is 8.01. The van der Waals surface area contributed by atoms with E-state index in [1.807, 2.05) is 6.07 Å². The molecule has 1 amide bonds. The van der Waals surface area contributed by atoms with Crippen molar-refractivity contribution in [3.63, 3.8) is 0 Å². The Bertz CT molecular complexity index is 688. The molecule has 28 heavy (non-hydrogen) atoms. The van der Waals surface area contributed by atoms with Crippen molar-refractivity contribution in [2.75, 3.05) is 59.0 Å². The Morgan fingerprint density at radius 2 is 1.89 bits per heavy atom. The summed E-state index contributed by atoms with van der Waals surface area (Å²) in [5, 5.41) is 3.44. The van der Waals surface area contributed by atoms with E-state index >= 15 is 0 Å². The summed E-state index contributed by atoms with van der Waals surface area (Å²) < 4.78 is 11.1. The third kappa shape index (κ3) is 6.12. The molecule has 1 N–H and O–H groups in total. The molecule has 0 radical (unpaired) electrons. The van der Waals surface area contributed by atoms with Crippen LogP contribution < -0.4 is 14.8 Å². The highest BCUT2D eigenvalue weighted by Crippen LogP contribution is 2.38. The fourth-order valence-electron chi connectivity index (χ4n) is 3.46. The lowest BCUT2D eigenvalue weighted by Gasteiger charge is -2.33. The number of ether oxygens (including phenoxy) is 2. The number of nitrogens with one attached hydrogen (secondary N) is 1. The number of piperazine rings is 1. The van der Waals surface area contributed by atoms with E-state index in [1.165, 1.54) is 19.2 Å². The normalized spacial score (nSPS) is 17.8. The van der Waals surface area contributed by atoms with Gasteiger partial charge in [-0.15, -0.1) is 0 Å². The van der Waals surface area contributed by atoms with Crippen LogP contribution in [-0.4, -0.2) is 74.7 Å². The molecular weight excluding hydrogens is 378 g/mol. The number of amides is 1. The van der Waals surface area contributed by atoms with E-state index in [9.17, 15) is 4.79 Å². The summed E-state index contributed by atoms with van der Waals surface area (Å²) in [6.45, 7) is 10.8. The molecule has 0 atom stereocenters. The van der Waals surface area contributed by atoms with Crippen LogP contribution in [0.3, 0.4) is 0 Å². The molecule has 2 heterocycles. The second-order valence-corrected chi connectivity index (χ2v) is 7.54. The molecular formula is C21H30ClN3O3. The zero-order valence-corrected chi connectivity index (χ0v) is 17.3. The molecule has 1 saturated heterocycles. The lowest BCUT2D eigenvalue weighted by Crippen LogP contribution is -2.46. The number of unbranched alkanes of at least 4 members (excludes halogenated alkanes) is 1. The molecule has 1 aromatic carbocycles. The van der Waals surface area contributed by atoms with Crippen LogP contribution in [0.2, 0.25) is 5.02 Å². The van der Waals surface area contributed by atoms with Gasteiger partial charge in [-0.25, -0.2) is 0 Å². The van der Waals surface area contributed by atoms with Crippen LogP contribution in [0.5, 0.6) is 11.5 Å². The van der Waals surface area contributed by atoms with Crippen molar-refractivity contribution in [1.29, 1.82) is 0 Å². The van der Waals surface area contributed by atoms with E-state index in [2.05, 4.69) is 22.0 Å². The molecule has 1 fully saturated rings. The van der Waals surface area contributed by atoms with E-state index in [4.69, 9.17) is 21.1 Å². The number of benzene rings is 1. The van der Waals surface area contributed by atoms with Crippen LogP contribution in [0, 0.1) is 0 Å². The summed E-state index contributed by atoms with van der Waals surface area (Å²) in [5.74, 6) is 1.10. The third-order valence-electron chi connectivity index (χ3n) is 5.16. The molecule has 1 aromatic rings. The number of hydrogen-bond donors (Lipinski definition) is 1. The zero-order chi connectivity index (χ0) is 19.8. The molecule has 154 valence electrons. The topological polar surface area (TPSA) is 54.0 Å². The van der Waals surface area contributed by atoms with Gasteiger partial charge in [0.05, 0.1) is 5.02 Å². The van der Waals surface area contributed by atoms with Crippen molar-refractivity contribution < 1.29 is 14.3 Å². The molecule has 6 nitrogen and oxygen atoms in total. The van der Waals surface area contributed by atoms with Gasteiger partial charge >= 0.3 is 0 Å². The summed E-state index contributed by atoms with van der Waals surface area (Å²) in [6.07, 6.45) is 5.37. The van der Waals surface area contributed by atoms with Crippen LogP contribution >= 0.6 is 11.6 Å². The monoisotopic (exact) mass is 407 g/mol. The van der Waals surface area contributed by atoms with E-state index in [0.717, 1.165) is 44.6 Å². The van der Waals surface area contributed by atoms with Gasteiger partial charge in [0.25, 0.3) is 0 Å². The predicted octanol–water partition coefficient (Wildman–Crippen LogP) is 2.66. The minimum atomic E-state index is -0.0948. The van der Waals surface area contributed by atoms with Crippen LogP contribution in [0.1, 0.15) is 25.3 Å². The fraction of sp³-hybridized carbons (Fsp3) is 0.571. The number of nitrogens with zero attached hydrogens (tertiary/aromatic N) is 2. The van der Waals surface area contributed by atoms with E-state index in [0.29, 0.717) is 36.3 Å². The van der Waals surface area contributed by atoms with E-state index in [1.54, 1.807) is 12.1 Å². The molecule has 0 aromatic heterocycles. The van der Waals surface area contributed by atoms with Crippen molar-refractivity contribution in [3.05, 3.63) is 28.8 Å². The van der Waals surface area contributed by atoms with Gasteiger partial charge in [0.1, 0.15) is 13.2 Å². The van der Waals surface area contributed by atoms with Gasteiger partial charge in [-0.3, -0.25) is 4.79 Å². The maximum Gasteiger partial charge on any atom is 0.243 e. The van der Waals surface area contributed by atoms with Crippen LogP contribution in [-0.2, 0) is 4.79 Å². The second kappa shape index (κ2) is 10.7. The van der Waals surface area contributed by atoms with Crippen LogP contribution in [0.25, 0.3) is 6.08 Å². The molecule has 2 aliphatic heterocycles. The highest BCUT2D eigenvalue weighted by atomic mass is 35.5. The predicted molar refractivity (Wildman–Crippen MR) is 112 cm³/mol. The smallest absolute Gasteiger partial charge is 0.243 e. The Morgan fingerprint density at radius 1 is 1.14 bits per heavy atom. The number of likely N-dealkylation sites (N-methyl/N-ethyl adjacent to an activating group) is 1. The standard InChI is InChI=1S/C21H30ClN3O3/c1-2-24-9-11-25(12-10-24)8-4-3-7-23-20(26)6-5-17-15-18(22)21-19(16-17)27-13-14-28-21/h5-6,15-16H,2-4,7-14H2,1H3,(H,23,26)/b6-5+. The van der Waals surface area contributed by atoms with Crippen molar-refractivity contribution in [1.82, 2.24) is 15.1 Å². The number of carbonyl (C=O) groups is 1. The van der Waals surface area contributed by atoms with Gasteiger partial charge in [-0.1, -0.05) is 18.5 Å². The lowest BCUT2D eigenvalue weighted by atomic mass is 10.1. The Labute approximate surface area is 172 Å². The highest BCUT2D eigenvalue weighted by molar-refractivity contribution is 6.32.